The molecular weight excluding hydrogens is 578 g/mol. The van der Waals surface area contributed by atoms with Crippen molar-refractivity contribution in [3.05, 3.63) is 76.9 Å². The van der Waals surface area contributed by atoms with Crippen LogP contribution in [-0.4, -0.2) is 96.6 Å². The van der Waals surface area contributed by atoms with Crippen LogP contribution in [0.15, 0.2) is 48.5 Å². The average molecular weight is 618 g/mol. The van der Waals surface area contributed by atoms with Crippen molar-refractivity contribution >= 4 is 17.7 Å². The van der Waals surface area contributed by atoms with Gasteiger partial charge in [-0.25, -0.2) is 9.97 Å². The van der Waals surface area contributed by atoms with Gasteiger partial charge < -0.3 is 34.1 Å². The lowest BCUT2D eigenvalue weighted by atomic mass is 10.1. The van der Waals surface area contributed by atoms with Gasteiger partial charge in [0, 0.05) is 38.9 Å². The van der Waals surface area contributed by atoms with Crippen molar-refractivity contribution in [3.8, 4) is 17.2 Å². The lowest BCUT2D eigenvalue weighted by molar-refractivity contribution is -0.137. The molecule has 5 rings (SSSR count). The molecule has 3 heterocycles. The molecule has 0 spiro atoms. The summed E-state index contributed by atoms with van der Waals surface area (Å²) in [7, 11) is 3.12. The number of fused-ring (bicyclic) bond motifs is 5. The number of carbonyl (C=O) groups is 3. The molecule has 0 unspecified atom stereocenters. The number of hydrogen-bond donors (Lipinski definition) is 1. The first-order valence-corrected chi connectivity index (χ1v) is 15.0. The van der Waals surface area contributed by atoms with Crippen LogP contribution in [0.25, 0.3) is 0 Å². The SMILES string of the molecule is COCCN1CC(=O)N[C@H]2CN(C(=O)c3cc(C)nc(C)n3)C[C@@H]2OCc2cccc(c2)Oc2cc(ccc2OC)CCC1=O. The van der Waals surface area contributed by atoms with Gasteiger partial charge in [0.25, 0.3) is 5.91 Å². The molecule has 45 heavy (non-hydrogen) atoms. The Hall–Kier alpha value is -4.55. The molecule has 1 fully saturated rings. The third-order valence-electron chi connectivity index (χ3n) is 7.78. The van der Waals surface area contributed by atoms with Crippen molar-refractivity contribution in [2.45, 2.75) is 45.4 Å². The van der Waals surface area contributed by atoms with Gasteiger partial charge in [-0.2, -0.15) is 0 Å². The zero-order valence-corrected chi connectivity index (χ0v) is 26.1. The van der Waals surface area contributed by atoms with Crippen LogP contribution in [0, 0.1) is 13.8 Å². The molecule has 1 saturated heterocycles. The van der Waals surface area contributed by atoms with Crippen LogP contribution in [0.4, 0.5) is 0 Å². The van der Waals surface area contributed by atoms with Crippen LogP contribution >= 0.6 is 0 Å². The maximum Gasteiger partial charge on any atom is 0.272 e. The first-order valence-electron chi connectivity index (χ1n) is 15.0. The van der Waals surface area contributed by atoms with Gasteiger partial charge in [-0.05, 0) is 61.7 Å². The number of carbonyl (C=O) groups excluding carboxylic acids is 3. The Balaban J connectivity index is 1.43. The van der Waals surface area contributed by atoms with Crippen LogP contribution < -0.4 is 14.8 Å². The number of likely N-dealkylation sites (tertiary alicyclic amines) is 1. The predicted octanol–water partition coefficient (Wildman–Crippen LogP) is 2.84. The molecule has 238 valence electrons. The van der Waals surface area contributed by atoms with E-state index < -0.39 is 12.1 Å². The minimum Gasteiger partial charge on any atom is -0.493 e. The Morgan fingerprint density at radius 2 is 1.87 bits per heavy atom. The molecule has 1 N–H and O–H groups in total. The molecule has 12 nitrogen and oxygen atoms in total. The van der Waals surface area contributed by atoms with Gasteiger partial charge in [0.15, 0.2) is 11.5 Å². The highest BCUT2D eigenvalue weighted by atomic mass is 16.5. The standard InChI is InChI=1S/C33H39N5O7/c1-21-14-26(35-22(2)34-21)33(41)38-17-27-30(18-38)44-20-24-6-5-7-25(15-24)45-29-16-23(8-10-28(29)43-4)9-11-32(40)37(12-13-42-3)19-31(39)36-27/h5-8,10,14-16,27,30H,9,11-13,17-20H2,1-4H3,(H,36,39)/t27-,30-/m0/s1. The van der Waals surface area contributed by atoms with Crippen molar-refractivity contribution < 1.29 is 33.3 Å². The zero-order chi connectivity index (χ0) is 31.9. The van der Waals surface area contributed by atoms with Gasteiger partial charge in [-0.15, -0.1) is 0 Å². The summed E-state index contributed by atoms with van der Waals surface area (Å²) in [4.78, 5) is 51.9. The Labute approximate surface area is 262 Å². The molecule has 2 aromatic carbocycles. The number of benzene rings is 2. The minimum atomic E-state index is -0.509. The molecule has 0 saturated carbocycles. The maximum absolute atomic E-state index is 13.5. The Bertz CT molecular complexity index is 1530. The van der Waals surface area contributed by atoms with Crippen LogP contribution in [0.1, 0.15) is 39.6 Å². The highest BCUT2D eigenvalue weighted by Gasteiger charge is 2.38. The largest absolute Gasteiger partial charge is 0.493 e. The number of aromatic nitrogens is 2. The van der Waals surface area contributed by atoms with E-state index in [1.807, 2.05) is 49.4 Å². The topological polar surface area (TPSA) is 132 Å². The summed E-state index contributed by atoms with van der Waals surface area (Å²) < 4.78 is 23.3. The molecule has 3 amide bonds. The van der Waals surface area contributed by atoms with Crippen molar-refractivity contribution in [1.82, 2.24) is 25.1 Å². The van der Waals surface area contributed by atoms with Crippen LogP contribution in [0.5, 0.6) is 17.2 Å². The normalized spacial score (nSPS) is 19.2. The number of amides is 3. The van der Waals surface area contributed by atoms with E-state index in [0.717, 1.165) is 11.1 Å². The number of nitrogens with one attached hydrogen (secondary N) is 1. The summed E-state index contributed by atoms with van der Waals surface area (Å²) in [6.45, 7) is 4.64. The van der Waals surface area contributed by atoms with E-state index in [4.69, 9.17) is 18.9 Å². The summed E-state index contributed by atoms with van der Waals surface area (Å²) in [6, 6.07) is 14.2. The van der Waals surface area contributed by atoms with E-state index in [9.17, 15) is 14.4 Å². The second-order valence-corrected chi connectivity index (χ2v) is 11.2. The fourth-order valence-corrected chi connectivity index (χ4v) is 5.55. The summed E-state index contributed by atoms with van der Waals surface area (Å²) in [5.74, 6) is 1.40. The summed E-state index contributed by atoms with van der Waals surface area (Å²) in [5.41, 5.74) is 2.73. The molecular formula is C33H39N5O7. The van der Waals surface area contributed by atoms with Crippen molar-refractivity contribution in [3.63, 3.8) is 0 Å². The van der Waals surface area contributed by atoms with Gasteiger partial charge in [-0.1, -0.05) is 18.2 Å². The Kier molecular flexibility index (Phi) is 10.3. The quantitative estimate of drug-likeness (QED) is 0.459. The lowest BCUT2D eigenvalue weighted by Crippen LogP contribution is -2.49. The summed E-state index contributed by atoms with van der Waals surface area (Å²) in [5, 5.41) is 3.03. The molecule has 0 aliphatic carbocycles. The van der Waals surface area contributed by atoms with Crippen LogP contribution in [0.2, 0.25) is 0 Å². The molecule has 0 radical (unpaired) electrons. The second-order valence-electron chi connectivity index (χ2n) is 11.2. The lowest BCUT2D eigenvalue weighted by Gasteiger charge is -2.25. The van der Waals surface area contributed by atoms with E-state index in [0.29, 0.717) is 35.2 Å². The predicted molar refractivity (Wildman–Crippen MR) is 164 cm³/mol. The number of methoxy groups -OCH3 is 2. The third kappa shape index (κ3) is 8.14. The first kappa shape index (κ1) is 31.9. The fourth-order valence-electron chi connectivity index (χ4n) is 5.55. The van der Waals surface area contributed by atoms with Gasteiger partial charge >= 0.3 is 0 Å². The molecule has 4 bridgehead atoms. The van der Waals surface area contributed by atoms with Gasteiger partial charge in [0.2, 0.25) is 11.8 Å². The van der Waals surface area contributed by atoms with Crippen LogP contribution in [0.3, 0.4) is 0 Å². The van der Waals surface area contributed by atoms with E-state index >= 15 is 0 Å². The van der Waals surface area contributed by atoms with Crippen molar-refractivity contribution in [2.24, 2.45) is 0 Å². The minimum absolute atomic E-state index is 0.150. The number of hydrogen-bond acceptors (Lipinski definition) is 9. The number of ether oxygens (including phenoxy) is 4. The third-order valence-corrected chi connectivity index (χ3v) is 7.78. The average Bonchev–Trinajstić information content (AvgIpc) is 3.42. The first-order chi connectivity index (χ1) is 21.7. The van der Waals surface area contributed by atoms with E-state index in [1.54, 1.807) is 32.1 Å². The van der Waals surface area contributed by atoms with Crippen molar-refractivity contribution in [1.29, 1.82) is 0 Å². The zero-order valence-electron chi connectivity index (χ0n) is 26.1. The highest BCUT2D eigenvalue weighted by Crippen LogP contribution is 2.33. The van der Waals surface area contributed by atoms with Crippen LogP contribution in [-0.2, 0) is 32.1 Å². The molecule has 2 aliphatic rings. The smallest absolute Gasteiger partial charge is 0.272 e. The molecule has 1 aromatic heterocycles. The second kappa shape index (κ2) is 14.5. The van der Waals surface area contributed by atoms with Gasteiger partial charge in [0.05, 0.1) is 39.0 Å². The molecule has 2 aliphatic heterocycles. The maximum atomic E-state index is 13.5. The number of rotatable bonds is 5. The molecule has 2 atom stereocenters. The van der Waals surface area contributed by atoms with Crippen molar-refractivity contribution in [2.75, 3.05) is 47.0 Å². The van der Waals surface area contributed by atoms with Gasteiger partial charge in [-0.3, -0.25) is 14.4 Å². The van der Waals surface area contributed by atoms with E-state index in [1.165, 1.54) is 4.90 Å². The number of aryl methyl sites for hydroxylation is 3. The fraction of sp³-hybridized carbons (Fsp3) is 0.424. The summed E-state index contributed by atoms with van der Waals surface area (Å²) in [6.07, 6.45) is 0.125. The monoisotopic (exact) mass is 617 g/mol. The number of nitrogens with zero attached hydrogens (tertiary/aromatic N) is 4. The van der Waals surface area contributed by atoms with E-state index in [-0.39, 0.29) is 69.2 Å². The molecule has 12 heteroatoms. The highest BCUT2D eigenvalue weighted by molar-refractivity contribution is 5.93. The molecule has 3 aromatic rings. The summed E-state index contributed by atoms with van der Waals surface area (Å²) >= 11 is 0. The van der Waals surface area contributed by atoms with Gasteiger partial charge in [0.1, 0.15) is 17.3 Å². The Morgan fingerprint density at radius 3 is 2.64 bits per heavy atom. The Morgan fingerprint density at radius 1 is 1.02 bits per heavy atom. The van der Waals surface area contributed by atoms with E-state index in [2.05, 4.69) is 15.3 Å².